The number of hydrogen-bond acceptors (Lipinski definition) is 3. The van der Waals surface area contributed by atoms with Crippen LogP contribution in [-0.2, 0) is 4.74 Å². The Morgan fingerprint density at radius 3 is 2.37 bits per heavy atom. The van der Waals surface area contributed by atoms with Crippen LogP contribution < -0.4 is 0 Å². The Bertz CT molecular complexity index is 381. The minimum Gasteiger partial charge on any atom is -0.508 e. The van der Waals surface area contributed by atoms with Gasteiger partial charge in [0, 0.05) is 0 Å². The molecule has 0 spiro atoms. The van der Waals surface area contributed by atoms with Gasteiger partial charge >= 0.3 is 5.97 Å². The molecule has 0 bridgehead atoms. The van der Waals surface area contributed by atoms with Crippen LogP contribution >= 0.6 is 0 Å². The number of benzene rings is 1. The van der Waals surface area contributed by atoms with Crippen molar-refractivity contribution in [3.8, 4) is 5.75 Å². The average Bonchev–Trinajstić information content (AvgIpc) is 2.36. The molecule has 106 valence electrons. The van der Waals surface area contributed by atoms with Gasteiger partial charge in [-0.05, 0) is 42.5 Å². The van der Waals surface area contributed by atoms with Crippen molar-refractivity contribution in [1.82, 2.24) is 0 Å². The van der Waals surface area contributed by atoms with Crippen LogP contribution in [0.5, 0.6) is 5.75 Å². The van der Waals surface area contributed by atoms with Gasteiger partial charge < -0.3 is 9.84 Å². The fraction of sp³-hybridized carbons (Fsp3) is 0.562. The van der Waals surface area contributed by atoms with E-state index in [1.54, 1.807) is 12.1 Å². The highest BCUT2D eigenvalue weighted by molar-refractivity contribution is 5.89. The number of esters is 1. The van der Waals surface area contributed by atoms with E-state index in [4.69, 9.17) is 9.84 Å². The third-order valence-corrected chi connectivity index (χ3v) is 3.08. The number of aromatic hydroxyl groups is 1. The molecule has 0 saturated heterocycles. The largest absolute Gasteiger partial charge is 0.508 e. The second-order valence-corrected chi connectivity index (χ2v) is 5.58. The van der Waals surface area contributed by atoms with E-state index in [0.29, 0.717) is 18.1 Å². The molecule has 0 radical (unpaired) electrons. The lowest BCUT2D eigenvalue weighted by atomic mass is 10.0. The molecule has 1 aromatic rings. The first-order valence-electron chi connectivity index (χ1n) is 6.95. The highest BCUT2D eigenvalue weighted by Crippen LogP contribution is 2.14. The summed E-state index contributed by atoms with van der Waals surface area (Å²) in [6, 6.07) is 6.12. The Balaban J connectivity index is 2.27. The van der Waals surface area contributed by atoms with E-state index >= 15 is 0 Å². The highest BCUT2D eigenvalue weighted by Gasteiger charge is 2.10. The quantitative estimate of drug-likeness (QED) is 0.757. The summed E-state index contributed by atoms with van der Waals surface area (Å²) in [5.41, 5.74) is 0.479. The van der Waals surface area contributed by atoms with Crippen molar-refractivity contribution in [2.45, 2.75) is 40.0 Å². The third-order valence-electron chi connectivity index (χ3n) is 3.08. The predicted molar refractivity (Wildman–Crippen MR) is 76.2 cm³/mol. The van der Waals surface area contributed by atoms with E-state index in [9.17, 15) is 4.79 Å². The van der Waals surface area contributed by atoms with E-state index in [1.165, 1.54) is 25.0 Å². The van der Waals surface area contributed by atoms with Crippen molar-refractivity contribution in [2.75, 3.05) is 6.61 Å². The normalized spacial score (nSPS) is 12.4. The Hall–Kier alpha value is -1.51. The van der Waals surface area contributed by atoms with Crippen molar-refractivity contribution in [3.05, 3.63) is 29.8 Å². The molecule has 1 atom stereocenters. The molecule has 0 fully saturated rings. The van der Waals surface area contributed by atoms with Crippen molar-refractivity contribution >= 4 is 5.97 Å². The van der Waals surface area contributed by atoms with E-state index in [-0.39, 0.29) is 11.7 Å². The molecule has 0 aromatic heterocycles. The third kappa shape index (κ3) is 6.27. The van der Waals surface area contributed by atoms with Gasteiger partial charge in [-0.2, -0.15) is 0 Å². The molecular weight excluding hydrogens is 240 g/mol. The van der Waals surface area contributed by atoms with Crippen molar-refractivity contribution < 1.29 is 14.6 Å². The molecule has 0 heterocycles. The summed E-state index contributed by atoms with van der Waals surface area (Å²) < 4.78 is 5.27. The monoisotopic (exact) mass is 264 g/mol. The molecule has 0 aliphatic heterocycles. The number of carbonyl (C=O) groups is 1. The van der Waals surface area contributed by atoms with E-state index in [2.05, 4.69) is 20.8 Å². The van der Waals surface area contributed by atoms with Crippen LogP contribution in [0.4, 0.5) is 0 Å². The average molecular weight is 264 g/mol. The number of ether oxygens (including phenoxy) is 1. The lowest BCUT2D eigenvalue weighted by Crippen LogP contribution is -2.12. The van der Waals surface area contributed by atoms with Gasteiger partial charge in [-0.25, -0.2) is 4.79 Å². The maximum absolute atomic E-state index is 11.7. The Morgan fingerprint density at radius 1 is 1.16 bits per heavy atom. The summed E-state index contributed by atoms with van der Waals surface area (Å²) >= 11 is 0. The molecular formula is C16H24O3. The van der Waals surface area contributed by atoms with Gasteiger partial charge in [0.25, 0.3) is 0 Å². The van der Waals surface area contributed by atoms with E-state index in [1.807, 2.05) is 0 Å². The molecule has 3 heteroatoms. The van der Waals surface area contributed by atoms with Crippen molar-refractivity contribution in [2.24, 2.45) is 11.8 Å². The van der Waals surface area contributed by atoms with Gasteiger partial charge in [0.15, 0.2) is 0 Å². The molecule has 1 aromatic carbocycles. The van der Waals surface area contributed by atoms with Gasteiger partial charge in [-0.15, -0.1) is 0 Å². The van der Waals surface area contributed by atoms with Crippen molar-refractivity contribution in [1.29, 1.82) is 0 Å². The summed E-state index contributed by atoms with van der Waals surface area (Å²) in [4.78, 5) is 11.7. The summed E-state index contributed by atoms with van der Waals surface area (Å²) in [7, 11) is 0. The second kappa shape index (κ2) is 7.82. The molecule has 0 amide bonds. The molecule has 3 nitrogen and oxygen atoms in total. The van der Waals surface area contributed by atoms with Crippen LogP contribution in [0.2, 0.25) is 0 Å². The van der Waals surface area contributed by atoms with Crippen LogP contribution in [-0.4, -0.2) is 17.7 Å². The molecule has 1 rings (SSSR count). The molecule has 19 heavy (non-hydrogen) atoms. The van der Waals surface area contributed by atoms with Crippen LogP contribution in [0.15, 0.2) is 24.3 Å². The Kier molecular flexibility index (Phi) is 6.40. The fourth-order valence-corrected chi connectivity index (χ4v) is 1.86. The van der Waals surface area contributed by atoms with Crippen LogP contribution in [0, 0.1) is 11.8 Å². The fourth-order valence-electron chi connectivity index (χ4n) is 1.86. The topological polar surface area (TPSA) is 46.5 Å². The first kappa shape index (κ1) is 15.5. The molecule has 1 unspecified atom stereocenters. The lowest BCUT2D eigenvalue weighted by Gasteiger charge is -2.12. The molecule has 1 N–H and O–H groups in total. The van der Waals surface area contributed by atoms with Gasteiger partial charge in [-0.1, -0.05) is 33.6 Å². The molecule has 0 saturated carbocycles. The zero-order chi connectivity index (χ0) is 14.3. The molecule has 0 aliphatic carbocycles. The number of phenols is 1. The second-order valence-electron chi connectivity index (χ2n) is 5.58. The van der Waals surface area contributed by atoms with Gasteiger partial charge in [0.05, 0.1) is 12.2 Å². The summed E-state index contributed by atoms with van der Waals surface area (Å²) in [5.74, 6) is 0.945. The number of hydrogen-bond donors (Lipinski definition) is 1. The zero-order valence-electron chi connectivity index (χ0n) is 12.1. The molecule has 0 aliphatic rings. The van der Waals surface area contributed by atoms with Crippen LogP contribution in [0.1, 0.15) is 50.4 Å². The summed E-state index contributed by atoms with van der Waals surface area (Å²) in [6.07, 6.45) is 3.48. The zero-order valence-corrected chi connectivity index (χ0v) is 12.1. The smallest absolute Gasteiger partial charge is 0.338 e. The van der Waals surface area contributed by atoms with Crippen molar-refractivity contribution in [3.63, 3.8) is 0 Å². The first-order valence-corrected chi connectivity index (χ1v) is 6.95. The predicted octanol–water partition coefficient (Wildman–Crippen LogP) is 4.01. The standard InChI is InChI=1S/C16H24O3/c1-12(2)5-4-6-13(3)11-19-16(18)14-7-9-15(17)10-8-14/h7-10,12-13,17H,4-6,11H2,1-3H3. The first-order chi connectivity index (χ1) is 8.99. The highest BCUT2D eigenvalue weighted by atomic mass is 16.5. The number of phenolic OH excluding ortho intramolecular Hbond substituents is 1. The van der Waals surface area contributed by atoms with Gasteiger partial charge in [0.2, 0.25) is 0 Å². The van der Waals surface area contributed by atoms with Gasteiger partial charge in [0.1, 0.15) is 5.75 Å². The van der Waals surface area contributed by atoms with E-state index < -0.39 is 0 Å². The minimum atomic E-state index is -0.323. The van der Waals surface area contributed by atoms with Gasteiger partial charge in [-0.3, -0.25) is 0 Å². The van der Waals surface area contributed by atoms with E-state index in [0.717, 1.165) is 12.3 Å². The number of rotatable bonds is 7. The van der Waals surface area contributed by atoms with Crippen LogP contribution in [0.25, 0.3) is 0 Å². The Morgan fingerprint density at radius 2 is 1.79 bits per heavy atom. The SMILES string of the molecule is CC(C)CCCC(C)COC(=O)c1ccc(O)cc1. The maximum atomic E-state index is 11.7. The summed E-state index contributed by atoms with van der Waals surface area (Å²) in [5, 5.41) is 9.15. The Labute approximate surface area is 115 Å². The van der Waals surface area contributed by atoms with Crippen LogP contribution in [0.3, 0.4) is 0 Å². The number of carbonyl (C=O) groups excluding carboxylic acids is 1. The summed E-state index contributed by atoms with van der Waals surface area (Å²) in [6.45, 7) is 6.99. The lowest BCUT2D eigenvalue weighted by molar-refractivity contribution is 0.0442. The maximum Gasteiger partial charge on any atom is 0.338 e. The minimum absolute atomic E-state index is 0.151.